The van der Waals surface area contributed by atoms with Crippen LogP contribution >= 0.6 is 0 Å². The molecule has 0 radical (unpaired) electrons. The van der Waals surface area contributed by atoms with Gasteiger partial charge in [0.15, 0.2) is 11.5 Å². The third kappa shape index (κ3) is 3.85. The number of ether oxygens (including phenoxy) is 2. The monoisotopic (exact) mass is 287 g/mol. The highest BCUT2D eigenvalue weighted by atomic mass is 16.5. The van der Waals surface area contributed by atoms with Crippen LogP contribution in [0.25, 0.3) is 0 Å². The average Bonchev–Trinajstić information content (AvgIpc) is 2.49. The average molecular weight is 287 g/mol. The van der Waals surface area contributed by atoms with Crippen LogP contribution in [0, 0.1) is 6.92 Å². The van der Waals surface area contributed by atoms with Gasteiger partial charge in [-0.2, -0.15) is 0 Å². The van der Waals surface area contributed by atoms with Crippen molar-refractivity contribution in [2.45, 2.75) is 6.92 Å². The lowest BCUT2D eigenvalue weighted by Crippen LogP contribution is -2.20. The highest BCUT2D eigenvalue weighted by molar-refractivity contribution is 5.99. The van der Waals surface area contributed by atoms with Crippen molar-refractivity contribution in [1.82, 2.24) is 4.98 Å². The number of rotatable bonds is 4. The Hall–Kier alpha value is -2.76. The predicted molar refractivity (Wildman–Crippen MR) is 81.2 cm³/mol. The molecule has 0 unspecified atom stereocenters. The highest BCUT2D eigenvalue weighted by Crippen LogP contribution is 2.29. The number of urea groups is 1. The van der Waals surface area contributed by atoms with Crippen LogP contribution in [-0.4, -0.2) is 25.2 Å². The minimum absolute atomic E-state index is 0.376. The number of carbonyl (C=O) groups is 1. The highest BCUT2D eigenvalue weighted by Gasteiger charge is 2.07. The molecule has 0 spiro atoms. The number of anilines is 2. The van der Waals surface area contributed by atoms with Crippen LogP contribution in [0.1, 0.15) is 5.56 Å². The predicted octanol–water partition coefficient (Wildman–Crippen LogP) is 3.05. The smallest absolute Gasteiger partial charge is 0.324 e. The zero-order chi connectivity index (χ0) is 15.2. The minimum atomic E-state index is -0.376. The lowest BCUT2D eigenvalue weighted by molar-refractivity contribution is 0.262. The molecular weight excluding hydrogens is 270 g/mol. The minimum Gasteiger partial charge on any atom is -0.493 e. The quantitative estimate of drug-likeness (QED) is 0.906. The summed E-state index contributed by atoms with van der Waals surface area (Å²) in [4.78, 5) is 16.0. The second kappa shape index (κ2) is 6.60. The van der Waals surface area contributed by atoms with Gasteiger partial charge in [-0.1, -0.05) is 6.07 Å². The number of hydrogen-bond donors (Lipinski definition) is 2. The Bertz CT molecular complexity index is 627. The Balaban J connectivity index is 2.04. The van der Waals surface area contributed by atoms with Gasteiger partial charge >= 0.3 is 6.03 Å². The molecule has 2 N–H and O–H groups in total. The van der Waals surface area contributed by atoms with Crippen molar-refractivity contribution in [2.75, 3.05) is 24.9 Å². The van der Waals surface area contributed by atoms with Gasteiger partial charge in [0.05, 0.1) is 14.2 Å². The van der Waals surface area contributed by atoms with Crippen LogP contribution < -0.4 is 20.1 Å². The van der Waals surface area contributed by atoms with Crippen molar-refractivity contribution >= 4 is 17.5 Å². The molecule has 0 aliphatic rings. The maximum Gasteiger partial charge on any atom is 0.324 e. The van der Waals surface area contributed by atoms with Gasteiger partial charge in [0, 0.05) is 18.0 Å². The van der Waals surface area contributed by atoms with Gasteiger partial charge in [-0.15, -0.1) is 0 Å². The molecule has 0 saturated carbocycles. The fraction of sp³-hybridized carbons (Fsp3) is 0.200. The summed E-state index contributed by atoms with van der Waals surface area (Å²) < 4.78 is 10.3. The molecule has 2 amide bonds. The van der Waals surface area contributed by atoms with E-state index < -0.39 is 0 Å². The summed E-state index contributed by atoms with van der Waals surface area (Å²) in [5.74, 6) is 1.63. The third-order valence-corrected chi connectivity index (χ3v) is 2.79. The second-order valence-electron chi connectivity index (χ2n) is 4.37. The number of nitrogens with zero attached hydrogens (tertiary/aromatic N) is 1. The Morgan fingerprint density at radius 2 is 1.81 bits per heavy atom. The van der Waals surface area contributed by atoms with E-state index in [4.69, 9.17) is 9.47 Å². The molecule has 0 bridgehead atoms. The fourth-order valence-corrected chi connectivity index (χ4v) is 1.73. The molecule has 0 saturated heterocycles. The van der Waals surface area contributed by atoms with Crippen molar-refractivity contribution < 1.29 is 14.3 Å². The summed E-state index contributed by atoms with van der Waals surface area (Å²) in [6.07, 6.45) is 1.69. The van der Waals surface area contributed by atoms with E-state index in [0.717, 1.165) is 5.56 Å². The maximum atomic E-state index is 11.9. The van der Waals surface area contributed by atoms with E-state index in [0.29, 0.717) is 23.0 Å². The van der Waals surface area contributed by atoms with Crippen molar-refractivity contribution in [3.05, 3.63) is 42.1 Å². The van der Waals surface area contributed by atoms with E-state index in [-0.39, 0.29) is 6.03 Å². The van der Waals surface area contributed by atoms with Gasteiger partial charge in [-0.3, -0.25) is 5.32 Å². The van der Waals surface area contributed by atoms with E-state index in [1.54, 1.807) is 37.6 Å². The van der Waals surface area contributed by atoms with Gasteiger partial charge < -0.3 is 14.8 Å². The first-order valence-electron chi connectivity index (χ1n) is 6.35. The Morgan fingerprint density at radius 1 is 1.05 bits per heavy atom. The number of benzene rings is 1. The molecule has 0 aliphatic heterocycles. The molecule has 21 heavy (non-hydrogen) atoms. The molecule has 1 heterocycles. The van der Waals surface area contributed by atoms with E-state index in [2.05, 4.69) is 15.6 Å². The largest absolute Gasteiger partial charge is 0.493 e. The zero-order valence-electron chi connectivity index (χ0n) is 12.1. The molecular formula is C15H17N3O3. The van der Waals surface area contributed by atoms with Crippen molar-refractivity contribution in [1.29, 1.82) is 0 Å². The summed E-state index contributed by atoms with van der Waals surface area (Å²) in [5, 5.41) is 5.36. The lowest BCUT2D eigenvalue weighted by Gasteiger charge is -2.11. The fourth-order valence-electron chi connectivity index (χ4n) is 1.73. The molecule has 2 aromatic rings. The Morgan fingerprint density at radius 3 is 2.43 bits per heavy atom. The molecule has 0 aliphatic carbocycles. The van der Waals surface area contributed by atoms with Gasteiger partial charge in [0.2, 0.25) is 0 Å². The number of methoxy groups -OCH3 is 2. The van der Waals surface area contributed by atoms with E-state index in [1.165, 1.54) is 7.11 Å². The number of aryl methyl sites for hydroxylation is 1. The van der Waals surface area contributed by atoms with Crippen molar-refractivity contribution in [3.63, 3.8) is 0 Å². The van der Waals surface area contributed by atoms with Crippen LogP contribution in [0.5, 0.6) is 11.5 Å². The van der Waals surface area contributed by atoms with Gasteiger partial charge in [-0.05, 0) is 30.7 Å². The molecule has 0 fully saturated rings. The van der Waals surface area contributed by atoms with Crippen molar-refractivity contribution in [2.24, 2.45) is 0 Å². The van der Waals surface area contributed by atoms with Crippen LogP contribution in [0.4, 0.5) is 16.3 Å². The molecule has 6 heteroatoms. The first kappa shape index (κ1) is 14.6. The molecule has 1 aromatic carbocycles. The van der Waals surface area contributed by atoms with Gasteiger partial charge in [0.25, 0.3) is 0 Å². The van der Waals surface area contributed by atoms with Gasteiger partial charge in [-0.25, -0.2) is 9.78 Å². The van der Waals surface area contributed by atoms with Crippen molar-refractivity contribution in [3.8, 4) is 11.5 Å². The molecule has 2 rings (SSSR count). The maximum absolute atomic E-state index is 11.9. The Kier molecular flexibility index (Phi) is 4.61. The zero-order valence-corrected chi connectivity index (χ0v) is 12.1. The third-order valence-electron chi connectivity index (χ3n) is 2.79. The number of hydrogen-bond acceptors (Lipinski definition) is 4. The summed E-state index contributed by atoms with van der Waals surface area (Å²) in [7, 11) is 3.10. The van der Waals surface area contributed by atoms with E-state index >= 15 is 0 Å². The summed E-state index contributed by atoms with van der Waals surface area (Å²) in [5.41, 5.74) is 1.62. The van der Waals surface area contributed by atoms with Crippen LogP contribution in [-0.2, 0) is 0 Å². The summed E-state index contributed by atoms with van der Waals surface area (Å²) in [6.45, 7) is 1.93. The van der Waals surface area contributed by atoms with Gasteiger partial charge in [0.1, 0.15) is 5.82 Å². The molecule has 0 atom stereocenters. The van der Waals surface area contributed by atoms with Crippen LogP contribution in [0.15, 0.2) is 36.5 Å². The first-order chi connectivity index (χ1) is 10.1. The topological polar surface area (TPSA) is 72.5 Å². The first-order valence-corrected chi connectivity index (χ1v) is 6.35. The normalized spacial score (nSPS) is 9.86. The van der Waals surface area contributed by atoms with Crippen LogP contribution in [0.3, 0.4) is 0 Å². The number of carbonyl (C=O) groups excluding carboxylic acids is 1. The summed E-state index contributed by atoms with van der Waals surface area (Å²) in [6, 6.07) is 8.37. The van der Waals surface area contributed by atoms with Crippen LogP contribution in [0.2, 0.25) is 0 Å². The standard InChI is InChI=1S/C15H17N3O3/c1-10-4-7-14(16-9-10)18-15(19)17-11-5-6-12(20-2)13(8-11)21-3/h4-9H,1-3H3,(H2,16,17,18,19). The molecule has 1 aromatic heterocycles. The number of aromatic nitrogens is 1. The Labute approximate surface area is 123 Å². The molecule has 6 nitrogen and oxygen atoms in total. The SMILES string of the molecule is COc1ccc(NC(=O)Nc2ccc(C)cn2)cc1OC. The van der Waals surface area contributed by atoms with E-state index in [1.807, 2.05) is 13.0 Å². The number of nitrogens with one attached hydrogen (secondary N) is 2. The number of pyridine rings is 1. The van der Waals surface area contributed by atoms with E-state index in [9.17, 15) is 4.79 Å². The summed E-state index contributed by atoms with van der Waals surface area (Å²) >= 11 is 0. The second-order valence-corrected chi connectivity index (χ2v) is 4.37. The number of amides is 2. The molecule has 110 valence electrons. The lowest BCUT2D eigenvalue weighted by atomic mass is 10.3.